The minimum Gasteiger partial charge on any atom is -0.354 e. The highest BCUT2D eigenvalue weighted by atomic mass is 35.5. The van der Waals surface area contributed by atoms with Crippen molar-refractivity contribution in [3.8, 4) is 0 Å². The maximum absolute atomic E-state index is 6.32. The Hall–Kier alpha value is -0.700. The van der Waals surface area contributed by atoms with Crippen LogP contribution < -0.4 is 5.32 Å². The van der Waals surface area contributed by atoms with E-state index in [1.165, 1.54) is 0 Å². The van der Waals surface area contributed by atoms with E-state index in [0.29, 0.717) is 5.92 Å². The molecular weight excluding hydrogens is 210 g/mol. The van der Waals surface area contributed by atoms with Crippen molar-refractivity contribution < 1.29 is 0 Å². The van der Waals surface area contributed by atoms with Crippen LogP contribution in [0.5, 0.6) is 0 Å². The van der Waals surface area contributed by atoms with Crippen molar-refractivity contribution in [3.05, 3.63) is 12.4 Å². The summed E-state index contributed by atoms with van der Waals surface area (Å²) in [6.45, 7) is 5.15. The third-order valence-corrected chi connectivity index (χ3v) is 3.35. The van der Waals surface area contributed by atoms with Gasteiger partial charge in [0.1, 0.15) is 0 Å². The zero-order valence-corrected chi connectivity index (χ0v) is 10.5. The highest BCUT2D eigenvalue weighted by Gasteiger charge is 2.15. The molecule has 1 aromatic heterocycles. The van der Waals surface area contributed by atoms with Gasteiger partial charge in [-0.05, 0) is 5.92 Å². The first-order valence-corrected chi connectivity index (χ1v) is 5.97. The van der Waals surface area contributed by atoms with E-state index >= 15 is 0 Å². The van der Waals surface area contributed by atoms with Crippen LogP contribution in [-0.2, 0) is 7.05 Å². The van der Waals surface area contributed by atoms with Crippen LogP contribution in [0, 0.1) is 5.92 Å². The smallest absolute Gasteiger partial charge is 0.202 e. The summed E-state index contributed by atoms with van der Waals surface area (Å²) in [6, 6.07) is 0. The quantitative estimate of drug-likeness (QED) is 0.761. The lowest BCUT2D eigenvalue weighted by Crippen LogP contribution is -2.23. The lowest BCUT2D eigenvalue weighted by atomic mass is 9.99. The summed E-state index contributed by atoms with van der Waals surface area (Å²) in [5.74, 6) is 1.46. The van der Waals surface area contributed by atoms with Crippen molar-refractivity contribution in [3.63, 3.8) is 0 Å². The van der Waals surface area contributed by atoms with Gasteiger partial charge in [-0.15, -0.1) is 11.6 Å². The predicted octanol–water partition coefficient (Wildman–Crippen LogP) is 2.88. The Bertz CT molecular complexity index is 281. The summed E-state index contributed by atoms with van der Waals surface area (Å²) < 4.78 is 1.95. The highest BCUT2D eigenvalue weighted by Crippen LogP contribution is 2.18. The van der Waals surface area contributed by atoms with Gasteiger partial charge < -0.3 is 9.88 Å². The molecule has 1 atom stereocenters. The van der Waals surface area contributed by atoms with Crippen molar-refractivity contribution in [2.45, 2.75) is 32.1 Å². The molecule has 0 radical (unpaired) electrons. The molecule has 1 rings (SSSR count). The van der Waals surface area contributed by atoms with Crippen LogP contribution in [0.4, 0.5) is 5.95 Å². The summed E-state index contributed by atoms with van der Waals surface area (Å²) in [4.78, 5) is 4.19. The van der Waals surface area contributed by atoms with E-state index in [-0.39, 0.29) is 5.38 Å². The van der Waals surface area contributed by atoms with Gasteiger partial charge in [0.2, 0.25) is 5.95 Å². The normalized spacial score (nSPS) is 13.1. The SMILES string of the molecule is CCC(CC)C(Cl)CNc1nccn1C. The van der Waals surface area contributed by atoms with Gasteiger partial charge in [0, 0.05) is 26.0 Å². The number of hydrogen-bond donors (Lipinski definition) is 1. The number of aryl methyl sites for hydroxylation is 1. The zero-order valence-electron chi connectivity index (χ0n) is 9.70. The standard InChI is InChI=1S/C11H20ClN3/c1-4-9(5-2)10(12)8-14-11-13-6-7-15(11)3/h6-7,9-10H,4-5,8H2,1-3H3,(H,13,14). The maximum Gasteiger partial charge on any atom is 0.202 e. The molecule has 86 valence electrons. The van der Waals surface area contributed by atoms with E-state index in [9.17, 15) is 0 Å². The molecule has 1 unspecified atom stereocenters. The Kier molecular flexibility index (Phi) is 4.95. The highest BCUT2D eigenvalue weighted by molar-refractivity contribution is 6.21. The van der Waals surface area contributed by atoms with Crippen LogP contribution in [0.1, 0.15) is 26.7 Å². The molecule has 0 aliphatic rings. The second kappa shape index (κ2) is 6.01. The summed E-state index contributed by atoms with van der Waals surface area (Å²) in [6.07, 6.45) is 5.96. The molecule has 0 fully saturated rings. The third kappa shape index (κ3) is 3.42. The maximum atomic E-state index is 6.32. The minimum atomic E-state index is 0.177. The van der Waals surface area contributed by atoms with Gasteiger partial charge in [-0.25, -0.2) is 4.98 Å². The molecular formula is C11H20ClN3. The van der Waals surface area contributed by atoms with Crippen molar-refractivity contribution in [2.75, 3.05) is 11.9 Å². The number of rotatable bonds is 6. The van der Waals surface area contributed by atoms with Crippen LogP contribution in [0.2, 0.25) is 0 Å². The number of nitrogens with one attached hydrogen (secondary N) is 1. The zero-order chi connectivity index (χ0) is 11.3. The van der Waals surface area contributed by atoms with Crippen molar-refractivity contribution in [1.82, 2.24) is 9.55 Å². The van der Waals surface area contributed by atoms with Crippen LogP contribution in [0.25, 0.3) is 0 Å². The van der Waals surface area contributed by atoms with Crippen LogP contribution in [0.15, 0.2) is 12.4 Å². The molecule has 4 heteroatoms. The Labute approximate surface area is 96.8 Å². The molecule has 1 aromatic rings. The lowest BCUT2D eigenvalue weighted by molar-refractivity contribution is 0.474. The summed E-state index contributed by atoms with van der Waals surface area (Å²) >= 11 is 6.32. The van der Waals surface area contributed by atoms with E-state index in [1.807, 2.05) is 17.8 Å². The molecule has 0 saturated carbocycles. The first-order chi connectivity index (χ1) is 7.19. The average Bonchev–Trinajstić information content (AvgIpc) is 2.63. The minimum absolute atomic E-state index is 0.177. The molecule has 15 heavy (non-hydrogen) atoms. The van der Waals surface area contributed by atoms with E-state index in [1.54, 1.807) is 6.20 Å². The first kappa shape index (κ1) is 12.4. The Morgan fingerprint density at radius 3 is 2.60 bits per heavy atom. The average molecular weight is 230 g/mol. The largest absolute Gasteiger partial charge is 0.354 e. The third-order valence-electron chi connectivity index (χ3n) is 2.84. The molecule has 0 aromatic carbocycles. The fraction of sp³-hybridized carbons (Fsp3) is 0.727. The van der Waals surface area contributed by atoms with Gasteiger partial charge in [-0.3, -0.25) is 0 Å². The molecule has 0 spiro atoms. The van der Waals surface area contributed by atoms with E-state index in [4.69, 9.17) is 11.6 Å². The fourth-order valence-electron chi connectivity index (χ4n) is 1.69. The molecule has 3 nitrogen and oxygen atoms in total. The number of aromatic nitrogens is 2. The van der Waals surface area contributed by atoms with Crippen LogP contribution >= 0.6 is 11.6 Å². The van der Waals surface area contributed by atoms with E-state index in [0.717, 1.165) is 25.3 Å². The topological polar surface area (TPSA) is 29.9 Å². The number of alkyl halides is 1. The Balaban J connectivity index is 2.40. The predicted molar refractivity (Wildman–Crippen MR) is 65.4 cm³/mol. The number of halogens is 1. The number of imidazole rings is 1. The monoisotopic (exact) mass is 229 g/mol. The first-order valence-electron chi connectivity index (χ1n) is 5.54. The molecule has 1 N–H and O–H groups in total. The van der Waals surface area contributed by atoms with E-state index in [2.05, 4.69) is 24.1 Å². The van der Waals surface area contributed by atoms with Crippen molar-refractivity contribution in [1.29, 1.82) is 0 Å². The molecule has 0 aliphatic heterocycles. The lowest BCUT2D eigenvalue weighted by Gasteiger charge is -2.19. The fourth-order valence-corrected chi connectivity index (χ4v) is 2.13. The van der Waals surface area contributed by atoms with Gasteiger partial charge in [-0.1, -0.05) is 26.7 Å². The summed E-state index contributed by atoms with van der Waals surface area (Å²) in [7, 11) is 1.97. The Morgan fingerprint density at radius 2 is 2.13 bits per heavy atom. The van der Waals surface area contributed by atoms with Crippen molar-refractivity contribution in [2.24, 2.45) is 13.0 Å². The van der Waals surface area contributed by atoms with Crippen LogP contribution in [0.3, 0.4) is 0 Å². The molecule has 0 amide bonds. The van der Waals surface area contributed by atoms with Gasteiger partial charge in [0.15, 0.2) is 0 Å². The second-order valence-electron chi connectivity index (χ2n) is 3.84. The number of anilines is 1. The number of nitrogens with zero attached hydrogens (tertiary/aromatic N) is 2. The van der Waals surface area contributed by atoms with E-state index < -0.39 is 0 Å². The Morgan fingerprint density at radius 1 is 1.47 bits per heavy atom. The van der Waals surface area contributed by atoms with Gasteiger partial charge in [-0.2, -0.15) is 0 Å². The molecule has 0 saturated heterocycles. The molecule has 1 heterocycles. The summed E-state index contributed by atoms with van der Waals surface area (Å²) in [5.41, 5.74) is 0. The van der Waals surface area contributed by atoms with Gasteiger partial charge in [0.05, 0.1) is 5.38 Å². The molecule has 0 aliphatic carbocycles. The summed E-state index contributed by atoms with van der Waals surface area (Å²) in [5, 5.41) is 3.44. The van der Waals surface area contributed by atoms with Gasteiger partial charge in [0.25, 0.3) is 0 Å². The second-order valence-corrected chi connectivity index (χ2v) is 4.40. The van der Waals surface area contributed by atoms with Gasteiger partial charge >= 0.3 is 0 Å². The van der Waals surface area contributed by atoms with Crippen molar-refractivity contribution >= 4 is 17.5 Å². The van der Waals surface area contributed by atoms with Crippen LogP contribution in [-0.4, -0.2) is 21.5 Å². The molecule has 0 bridgehead atoms. The number of hydrogen-bond acceptors (Lipinski definition) is 2.